The molecule has 0 aliphatic heterocycles. The monoisotopic (exact) mass is 177 g/mol. The summed E-state index contributed by atoms with van der Waals surface area (Å²) in [6, 6.07) is 2.01. The van der Waals surface area contributed by atoms with Crippen molar-refractivity contribution < 1.29 is 0 Å². The highest BCUT2D eigenvalue weighted by Crippen LogP contribution is 2.15. The molecule has 13 heavy (non-hydrogen) atoms. The van der Waals surface area contributed by atoms with E-state index in [0.29, 0.717) is 0 Å². The Bertz CT molecular complexity index is 307. The number of pyridine rings is 1. The lowest BCUT2D eigenvalue weighted by molar-refractivity contribution is 0.635. The van der Waals surface area contributed by atoms with Crippen LogP contribution in [0.25, 0.3) is 0 Å². The average Bonchev–Trinajstić information content (AvgIpc) is 2.10. The van der Waals surface area contributed by atoms with Gasteiger partial charge in [-0.1, -0.05) is 12.1 Å². The van der Waals surface area contributed by atoms with Crippen LogP contribution in [-0.2, 0) is 0 Å². The van der Waals surface area contributed by atoms with E-state index in [4.69, 9.17) is 5.84 Å². The third kappa shape index (κ3) is 2.14. The van der Waals surface area contributed by atoms with E-state index in [2.05, 4.69) is 23.1 Å². The molecule has 0 bridgehead atoms. The van der Waals surface area contributed by atoms with E-state index in [1.54, 1.807) is 6.08 Å². The molecule has 1 atom stereocenters. The number of hydrogen-bond donors (Lipinski definition) is 2. The second-order valence-corrected chi connectivity index (χ2v) is 3.09. The largest absolute Gasteiger partial charge is 0.271 e. The van der Waals surface area contributed by atoms with Gasteiger partial charge < -0.3 is 0 Å². The summed E-state index contributed by atoms with van der Waals surface area (Å²) < 4.78 is 0. The molecule has 1 aromatic rings. The van der Waals surface area contributed by atoms with E-state index < -0.39 is 0 Å². The Morgan fingerprint density at radius 2 is 2.31 bits per heavy atom. The number of nitrogens with zero attached hydrogens (tertiary/aromatic N) is 1. The SMILES string of the molecule is C=CC(NN)c1ncc(C)cc1C. The van der Waals surface area contributed by atoms with Gasteiger partial charge in [0.25, 0.3) is 0 Å². The Labute approximate surface area is 78.6 Å². The predicted molar refractivity (Wildman–Crippen MR) is 54.0 cm³/mol. The highest BCUT2D eigenvalue weighted by molar-refractivity contribution is 5.27. The fourth-order valence-corrected chi connectivity index (χ4v) is 1.31. The van der Waals surface area contributed by atoms with E-state index in [1.165, 1.54) is 0 Å². The molecular weight excluding hydrogens is 162 g/mol. The molecule has 0 fully saturated rings. The number of hydrazine groups is 1. The summed E-state index contributed by atoms with van der Waals surface area (Å²) in [5.41, 5.74) is 5.86. The van der Waals surface area contributed by atoms with Crippen molar-refractivity contribution in [1.82, 2.24) is 10.4 Å². The molecule has 1 rings (SSSR count). The molecule has 3 heteroatoms. The quantitative estimate of drug-likeness (QED) is 0.417. The lowest BCUT2D eigenvalue weighted by Gasteiger charge is -2.13. The zero-order valence-corrected chi connectivity index (χ0v) is 8.04. The third-order valence-corrected chi connectivity index (χ3v) is 1.97. The normalized spacial score (nSPS) is 12.5. The van der Waals surface area contributed by atoms with Gasteiger partial charge in [-0.2, -0.15) is 0 Å². The van der Waals surface area contributed by atoms with Crippen molar-refractivity contribution in [1.29, 1.82) is 0 Å². The van der Waals surface area contributed by atoms with Gasteiger partial charge in [0.1, 0.15) is 0 Å². The molecule has 0 spiro atoms. The number of aromatic nitrogens is 1. The lowest BCUT2D eigenvalue weighted by atomic mass is 10.1. The minimum atomic E-state index is -0.0689. The number of rotatable bonds is 3. The molecule has 1 aromatic heterocycles. The van der Waals surface area contributed by atoms with Gasteiger partial charge in [-0.3, -0.25) is 10.8 Å². The molecule has 1 heterocycles. The van der Waals surface area contributed by atoms with Crippen LogP contribution >= 0.6 is 0 Å². The molecule has 0 aromatic carbocycles. The number of nitrogens with two attached hydrogens (primary N) is 1. The van der Waals surface area contributed by atoms with Crippen molar-refractivity contribution in [2.24, 2.45) is 5.84 Å². The first kappa shape index (κ1) is 9.89. The van der Waals surface area contributed by atoms with Crippen molar-refractivity contribution in [3.8, 4) is 0 Å². The molecule has 0 aliphatic carbocycles. The van der Waals surface area contributed by atoms with Crippen LogP contribution in [-0.4, -0.2) is 4.98 Å². The van der Waals surface area contributed by atoms with Crippen molar-refractivity contribution >= 4 is 0 Å². The Hall–Kier alpha value is -1.19. The van der Waals surface area contributed by atoms with Crippen molar-refractivity contribution in [2.75, 3.05) is 0 Å². The molecule has 0 saturated carbocycles. The maximum absolute atomic E-state index is 5.36. The lowest BCUT2D eigenvalue weighted by Crippen LogP contribution is -2.27. The summed E-state index contributed by atoms with van der Waals surface area (Å²) in [5, 5.41) is 0. The van der Waals surface area contributed by atoms with Gasteiger partial charge in [0.15, 0.2) is 0 Å². The van der Waals surface area contributed by atoms with Gasteiger partial charge in [-0.15, -0.1) is 6.58 Å². The van der Waals surface area contributed by atoms with Gasteiger partial charge in [0, 0.05) is 6.20 Å². The average molecular weight is 177 g/mol. The van der Waals surface area contributed by atoms with E-state index in [-0.39, 0.29) is 6.04 Å². The third-order valence-electron chi connectivity index (χ3n) is 1.97. The standard InChI is InChI=1S/C10H15N3/c1-4-9(13-11)10-8(3)5-7(2)6-12-10/h4-6,9,13H,1,11H2,2-3H3. The summed E-state index contributed by atoms with van der Waals surface area (Å²) in [4.78, 5) is 4.31. The molecule has 0 amide bonds. The summed E-state index contributed by atoms with van der Waals surface area (Å²) >= 11 is 0. The van der Waals surface area contributed by atoms with Crippen molar-refractivity contribution in [3.05, 3.63) is 41.7 Å². The first-order valence-corrected chi connectivity index (χ1v) is 4.21. The first-order chi connectivity index (χ1) is 6.19. The van der Waals surface area contributed by atoms with E-state index in [9.17, 15) is 0 Å². The molecule has 70 valence electrons. The molecule has 1 unspecified atom stereocenters. The van der Waals surface area contributed by atoms with Crippen molar-refractivity contribution in [2.45, 2.75) is 19.9 Å². The maximum Gasteiger partial charge on any atom is 0.0812 e. The van der Waals surface area contributed by atoms with Crippen LogP contribution in [0.15, 0.2) is 24.9 Å². The van der Waals surface area contributed by atoms with E-state index in [0.717, 1.165) is 16.8 Å². The summed E-state index contributed by atoms with van der Waals surface area (Å²) in [6.45, 7) is 7.72. The van der Waals surface area contributed by atoms with E-state index in [1.807, 2.05) is 20.0 Å². The highest BCUT2D eigenvalue weighted by Gasteiger charge is 2.08. The summed E-state index contributed by atoms with van der Waals surface area (Å²) in [6.07, 6.45) is 3.57. The Morgan fingerprint density at radius 3 is 2.77 bits per heavy atom. The number of hydrogen-bond acceptors (Lipinski definition) is 3. The topological polar surface area (TPSA) is 50.9 Å². The predicted octanol–water partition coefficient (Wildman–Crippen LogP) is 1.39. The second kappa shape index (κ2) is 4.16. The molecule has 3 N–H and O–H groups in total. The van der Waals surface area contributed by atoms with Crippen LogP contribution in [0.1, 0.15) is 22.9 Å². The Morgan fingerprint density at radius 1 is 1.62 bits per heavy atom. The molecule has 0 saturated heterocycles. The second-order valence-electron chi connectivity index (χ2n) is 3.09. The zero-order chi connectivity index (χ0) is 9.84. The van der Waals surface area contributed by atoms with Crippen LogP contribution in [0.4, 0.5) is 0 Å². The molecule has 0 radical (unpaired) electrons. The maximum atomic E-state index is 5.36. The van der Waals surface area contributed by atoms with Gasteiger partial charge in [-0.05, 0) is 25.0 Å². The van der Waals surface area contributed by atoms with Crippen LogP contribution in [0, 0.1) is 13.8 Å². The minimum Gasteiger partial charge on any atom is -0.271 e. The summed E-state index contributed by atoms with van der Waals surface area (Å²) in [7, 11) is 0. The fraction of sp³-hybridized carbons (Fsp3) is 0.300. The Balaban J connectivity index is 3.06. The van der Waals surface area contributed by atoms with Crippen molar-refractivity contribution in [3.63, 3.8) is 0 Å². The van der Waals surface area contributed by atoms with Gasteiger partial charge >= 0.3 is 0 Å². The van der Waals surface area contributed by atoms with Crippen LogP contribution < -0.4 is 11.3 Å². The fourth-order valence-electron chi connectivity index (χ4n) is 1.31. The van der Waals surface area contributed by atoms with Crippen LogP contribution in [0.2, 0.25) is 0 Å². The number of nitrogens with one attached hydrogen (secondary N) is 1. The van der Waals surface area contributed by atoms with Gasteiger partial charge in [0.2, 0.25) is 0 Å². The summed E-state index contributed by atoms with van der Waals surface area (Å²) in [5.74, 6) is 5.36. The van der Waals surface area contributed by atoms with Crippen LogP contribution in [0.3, 0.4) is 0 Å². The Kier molecular flexibility index (Phi) is 3.17. The first-order valence-electron chi connectivity index (χ1n) is 4.21. The smallest absolute Gasteiger partial charge is 0.0812 e. The van der Waals surface area contributed by atoms with Crippen LogP contribution in [0.5, 0.6) is 0 Å². The number of aryl methyl sites for hydroxylation is 2. The van der Waals surface area contributed by atoms with Gasteiger partial charge in [-0.25, -0.2) is 5.43 Å². The minimum absolute atomic E-state index is 0.0689. The molecule has 0 aliphatic rings. The zero-order valence-electron chi connectivity index (χ0n) is 8.04. The van der Waals surface area contributed by atoms with Gasteiger partial charge in [0.05, 0.1) is 11.7 Å². The molecule has 3 nitrogen and oxygen atoms in total. The molecular formula is C10H15N3. The highest BCUT2D eigenvalue weighted by atomic mass is 15.2. The van der Waals surface area contributed by atoms with E-state index >= 15 is 0 Å².